The summed E-state index contributed by atoms with van der Waals surface area (Å²) in [6.45, 7) is 4.80. The van der Waals surface area contributed by atoms with E-state index in [0.717, 1.165) is 5.56 Å². The highest BCUT2D eigenvalue weighted by Gasteiger charge is 2.31. The molecule has 26 heavy (non-hydrogen) atoms. The number of nitrogens with two attached hydrogens (primary N) is 1. The van der Waals surface area contributed by atoms with Crippen molar-refractivity contribution in [3.63, 3.8) is 0 Å². The van der Waals surface area contributed by atoms with Gasteiger partial charge in [-0.3, -0.25) is 15.0 Å². The Morgan fingerprint density at radius 2 is 1.65 bits per heavy atom. The van der Waals surface area contributed by atoms with Gasteiger partial charge in [-0.15, -0.1) is 0 Å². The third-order valence-electron chi connectivity index (χ3n) is 3.64. The zero-order valence-electron chi connectivity index (χ0n) is 15.1. The molecule has 1 aromatic rings. The van der Waals surface area contributed by atoms with E-state index in [2.05, 4.69) is 10.6 Å². The van der Waals surface area contributed by atoms with Crippen LogP contribution >= 0.6 is 0 Å². The quantitative estimate of drug-likeness (QED) is 0.245. The lowest BCUT2D eigenvalue weighted by molar-refractivity contribution is -0.132. The van der Waals surface area contributed by atoms with Crippen molar-refractivity contribution in [3.8, 4) is 0 Å². The van der Waals surface area contributed by atoms with Gasteiger partial charge in [-0.25, -0.2) is 10.6 Å². The number of hydrogen-bond acceptors (Lipinski definition) is 6. The topological polar surface area (TPSA) is 143 Å². The summed E-state index contributed by atoms with van der Waals surface area (Å²) in [6.07, 6.45) is -2.06. The molecule has 0 saturated carbocycles. The fraction of sp³-hybridized carbons (Fsp3) is 0.471. The van der Waals surface area contributed by atoms with E-state index < -0.39 is 36.1 Å². The van der Waals surface area contributed by atoms with Crippen molar-refractivity contribution in [2.45, 2.75) is 45.6 Å². The first-order valence-corrected chi connectivity index (χ1v) is 8.22. The number of alkyl carbamates (subject to hydrolysis) is 1. The molecule has 0 unspecified atom stereocenters. The highest BCUT2D eigenvalue weighted by atomic mass is 16.5. The Balaban J connectivity index is 2.67. The largest absolute Gasteiger partial charge is 0.445 e. The number of rotatable bonds is 8. The molecule has 0 fully saturated rings. The van der Waals surface area contributed by atoms with Gasteiger partial charge < -0.3 is 20.5 Å². The maximum Gasteiger partial charge on any atom is 0.408 e. The number of nitrogens with one attached hydrogen (secondary N) is 3. The van der Waals surface area contributed by atoms with Crippen LogP contribution in [0, 0.1) is 5.92 Å². The van der Waals surface area contributed by atoms with Crippen molar-refractivity contribution in [3.05, 3.63) is 35.9 Å². The highest BCUT2D eigenvalue weighted by Crippen LogP contribution is 2.05. The van der Waals surface area contributed by atoms with Crippen molar-refractivity contribution in [2.75, 3.05) is 0 Å². The summed E-state index contributed by atoms with van der Waals surface area (Å²) >= 11 is 0. The van der Waals surface area contributed by atoms with Gasteiger partial charge in [0.05, 0.1) is 6.10 Å². The first kappa shape index (κ1) is 21.4. The Morgan fingerprint density at radius 1 is 1.04 bits per heavy atom. The summed E-state index contributed by atoms with van der Waals surface area (Å²) < 4.78 is 5.04. The molecule has 9 nitrogen and oxygen atoms in total. The molecule has 3 atom stereocenters. The SMILES string of the molecule is CC(C)[C@H](NC(=O)[C@H](NC(=O)OCc1ccccc1)[C@@H](C)O)C(=O)NN. The van der Waals surface area contributed by atoms with Gasteiger partial charge in [-0.05, 0) is 18.4 Å². The Bertz CT molecular complexity index is 606. The molecule has 0 aliphatic rings. The monoisotopic (exact) mass is 366 g/mol. The van der Waals surface area contributed by atoms with Crippen LogP contribution in [0.15, 0.2) is 30.3 Å². The van der Waals surface area contributed by atoms with Gasteiger partial charge in [0.2, 0.25) is 5.91 Å². The molecule has 0 saturated heterocycles. The van der Waals surface area contributed by atoms with Gasteiger partial charge in [0.1, 0.15) is 18.7 Å². The van der Waals surface area contributed by atoms with Crippen LogP contribution in [0.3, 0.4) is 0 Å². The predicted molar refractivity (Wildman–Crippen MR) is 94.3 cm³/mol. The van der Waals surface area contributed by atoms with Gasteiger partial charge in [0.15, 0.2) is 0 Å². The summed E-state index contributed by atoms with van der Waals surface area (Å²) in [7, 11) is 0. The van der Waals surface area contributed by atoms with Crippen molar-refractivity contribution in [1.29, 1.82) is 0 Å². The predicted octanol–water partition coefficient (Wildman–Crippen LogP) is -0.207. The van der Waals surface area contributed by atoms with Crippen LogP contribution in [0.2, 0.25) is 0 Å². The minimum atomic E-state index is -1.29. The van der Waals surface area contributed by atoms with Crippen molar-refractivity contribution >= 4 is 17.9 Å². The van der Waals surface area contributed by atoms with Crippen LogP contribution in [-0.4, -0.2) is 41.2 Å². The Hall–Kier alpha value is -2.65. The number of hydrogen-bond donors (Lipinski definition) is 5. The average molecular weight is 366 g/mol. The molecule has 6 N–H and O–H groups in total. The standard InChI is InChI=1S/C17H26N4O5/c1-10(2)13(16(24)21-18)19-15(23)14(11(3)22)20-17(25)26-9-12-7-5-4-6-8-12/h4-8,10-11,13-14,22H,9,18H2,1-3H3,(H,19,23)(H,20,25)(H,21,24)/t11-,13+,14-/m1/s1. The van der Waals surface area contributed by atoms with Gasteiger partial charge in [-0.2, -0.15) is 0 Å². The number of aliphatic hydroxyl groups is 1. The normalized spacial score (nSPS) is 14.1. The van der Waals surface area contributed by atoms with Gasteiger partial charge in [0, 0.05) is 0 Å². The maximum atomic E-state index is 12.4. The molecule has 1 rings (SSSR count). The van der Waals surface area contributed by atoms with Gasteiger partial charge in [-0.1, -0.05) is 44.2 Å². The second kappa shape index (κ2) is 10.4. The third kappa shape index (κ3) is 6.69. The average Bonchev–Trinajstić information content (AvgIpc) is 2.61. The second-order valence-electron chi connectivity index (χ2n) is 6.16. The molecule has 144 valence electrons. The number of benzene rings is 1. The van der Waals surface area contributed by atoms with E-state index in [1.165, 1.54) is 6.92 Å². The summed E-state index contributed by atoms with van der Waals surface area (Å²) in [6, 6.07) is 6.81. The number of ether oxygens (including phenoxy) is 1. The molecule has 0 bridgehead atoms. The molecule has 0 radical (unpaired) electrons. The zero-order chi connectivity index (χ0) is 19.7. The number of aliphatic hydroxyl groups excluding tert-OH is 1. The van der Waals surface area contributed by atoms with E-state index in [0.29, 0.717) is 0 Å². The summed E-state index contributed by atoms with van der Waals surface area (Å²) in [5.74, 6) is 3.56. The van der Waals surface area contributed by atoms with E-state index >= 15 is 0 Å². The third-order valence-corrected chi connectivity index (χ3v) is 3.64. The minimum Gasteiger partial charge on any atom is -0.445 e. The smallest absolute Gasteiger partial charge is 0.408 e. The fourth-order valence-electron chi connectivity index (χ4n) is 2.16. The van der Waals surface area contributed by atoms with E-state index in [-0.39, 0.29) is 12.5 Å². The zero-order valence-corrected chi connectivity index (χ0v) is 15.1. The molecule has 0 aromatic heterocycles. The first-order chi connectivity index (χ1) is 12.3. The highest BCUT2D eigenvalue weighted by molar-refractivity contribution is 5.91. The van der Waals surface area contributed by atoms with Crippen LogP contribution in [0.1, 0.15) is 26.3 Å². The van der Waals surface area contributed by atoms with Gasteiger partial charge in [0.25, 0.3) is 5.91 Å². The lowest BCUT2D eigenvalue weighted by Crippen LogP contribution is -2.58. The van der Waals surface area contributed by atoms with Crippen LogP contribution in [-0.2, 0) is 20.9 Å². The van der Waals surface area contributed by atoms with Crippen LogP contribution in [0.5, 0.6) is 0 Å². The molecular weight excluding hydrogens is 340 g/mol. The van der Waals surface area contributed by atoms with Crippen LogP contribution in [0.4, 0.5) is 4.79 Å². The molecule has 0 aliphatic carbocycles. The van der Waals surface area contributed by atoms with Crippen molar-refractivity contribution in [2.24, 2.45) is 11.8 Å². The molecule has 0 heterocycles. The summed E-state index contributed by atoms with van der Waals surface area (Å²) in [4.78, 5) is 36.0. The maximum absolute atomic E-state index is 12.4. The number of hydrazine groups is 1. The molecule has 3 amide bonds. The lowest BCUT2D eigenvalue weighted by Gasteiger charge is -2.25. The lowest BCUT2D eigenvalue weighted by atomic mass is 10.0. The second-order valence-corrected chi connectivity index (χ2v) is 6.16. The summed E-state index contributed by atoms with van der Waals surface area (Å²) in [5, 5.41) is 14.6. The Kier molecular flexibility index (Phi) is 8.53. The molecule has 1 aromatic carbocycles. The van der Waals surface area contributed by atoms with E-state index in [4.69, 9.17) is 10.6 Å². The van der Waals surface area contributed by atoms with Gasteiger partial charge >= 0.3 is 6.09 Å². The molecular formula is C17H26N4O5. The molecule has 0 spiro atoms. The Morgan fingerprint density at radius 3 is 2.15 bits per heavy atom. The van der Waals surface area contributed by atoms with Crippen molar-refractivity contribution in [1.82, 2.24) is 16.1 Å². The number of amides is 3. The van der Waals surface area contributed by atoms with E-state index in [9.17, 15) is 19.5 Å². The molecule has 9 heteroatoms. The van der Waals surface area contributed by atoms with Crippen molar-refractivity contribution < 1.29 is 24.2 Å². The fourth-order valence-corrected chi connectivity index (χ4v) is 2.16. The summed E-state index contributed by atoms with van der Waals surface area (Å²) in [5.41, 5.74) is 2.75. The van der Waals surface area contributed by atoms with Crippen LogP contribution < -0.4 is 21.9 Å². The van der Waals surface area contributed by atoms with E-state index in [1.807, 2.05) is 11.5 Å². The minimum absolute atomic E-state index is 0.0189. The van der Waals surface area contributed by atoms with Crippen LogP contribution in [0.25, 0.3) is 0 Å². The Labute approximate surface area is 152 Å². The van der Waals surface area contributed by atoms with E-state index in [1.54, 1.807) is 38.1 Å². The number of carbonyl (C=O) groups is 3. The first-order valence-electron chi connectivity index (χ1n) is 8.22. The number of carbonyl (C=O) groups excluding carboxylic acids is 3. The molecule has 0 aliphatic heterocycles.